The summed E-state index contributed by atoms with van der Waals surface area (Å²) in [6.45, 7) is 4.12. The molecular weight excluding hydrogens is 352 g/mol. The average molecular weight is 378 g/mol. The normalized spacial score (nSPS) is 22.2. The molecule has 146 valence electrons. The second-order valence-corrected chi connectivity index (χ2v) is 7.73. The van der Waals surface area contributed by atoms with Crippen LogP contribution in [0.1, 0.15) is 34.8 Å². The van der Waals surface area contributed by atoms with Gasteiger partial charge in [0.2, 0.25) is 5.91 Å². The molecule has 4 rings (SSSR count). The number of piperazine rings is 1. The van der Waals surface area contributed by atoms with Gasteiger partial charge in [0.25, 0.3) is 0 Å². The fourth-order valence-corrected chi connectivity index (χ4v) is 4.54. The highest BCUT2D eigenvalue weighted by atomic mass is 16.5. The number of nitrogens with zero attached hydrogens (tertiary/aromatic N) is 2. The third-order valence-corrected chi connectivity index (χ3v) is 6.15. The van der Waals surface area contributed by atoms with E-state index in [-0.39, 0.29) is 11.7 Å². The van der Waals surface area contributed by atoms with Crippen molar-refractivity contribution in [1.82, 2.24) is 9.80 Å². The van der Waals surface area contributed by atoms with Crippen LogP contribution >= 0.6 is 0 Å². The Hall–Kier alpha value is -2.66. The maximum Gasteiger partial charge on any atom is 0.219 e. The number of rotatable bonds is 3. The lowest BCUT2D eigenvalue weighted by molar-refractivity contribution is -0.133. The summed E-state index contributed by atoms with van der Waals surface area (Å²) in [7, 11) is 1.64. The van der Waals surface area contributed by atoms with Crippen molar-refractivity contribution in [2.75, 3.05) is 26.7 Å². The van der Waals surface area contributed by atoms with E-state index in [9.17, 15) is 9.59 Å². The van der Waals surface area contributed by atoms with Crippen LogP contribution in [0.3, 0.4) is 0 Å². The van der Waals surface area contributed by atoms with E-state index in [1.54, 1.807) is 14.0 Å². The quantitative estimate of drug-likeness (QED) is 0.824. The van der Waals surface area contributed by atoms with Crippen LogP contribution in [0, 0.1) is 0 Å². The number of hydrogen-bond acceptors (Lipinski definition) is 4. The molecule has 5 nitrogen and oxygen atoms in total. The van der Waals surface area contributed by atoms with Gasteiger partial charge in [-0.15, -0.1) is 0 Å². The maximum atomic E-state index is 13.7. The van der Waals surface area contributed by atoms with Gasteiger partial charge in [-0.05, 0) is 42.2 Å². The average Bonchev–Trinajstić information content (AvgIpc) is 2.72. The standard InChI is InChI=1S/C23H26N2O3/c1-17(26)24-12-13-25(15-18-6-4-3-5-7-18)23(16-24)11-10-19-14-20(28-2)8-9-21(19)22(23)27/h3-9,14H,10-13,15-16H2,1-2H3. The highest BCUT2D eigenvalue weighted by Gasteiger charge is 2.50. The van der Waals surface area contributed by atoms with Gasteiger partial charge < -0.3 is 9.64 Å². The molecular formula is C23H26N2O3. The van der Waals surface area contributed by atoms with E-state index in [1.807, 2.05) is 41.3 Å². The molecule has 0 aromatic heterocycles. The predicted molar refractivity (Wildman–Crippen MR) is 107 cm³/mol. The summed E-state index contributed by atoms with van der Waals surface area (Å²) in [6.07, 6.45) is 1.51. The van der Waals surface area contributed by atoms with E-state index >= 15 is 0 Å². The Morgan fingerprint density at radius 1 is 1.14 bits per heavy atom. The van der Waals surface area contributed by atoms with Crippen molar-refractivity contribution >= 4 is 11.7 Å². The Labute approximate surface area is 165 Å². The number of methoxy groups -OCH3 is 1. The summed E-state index contributed by atoms with van der Waals surface area (Å²) < 4.78 is 5.33. The summed E-state index contributed by atoms with van der Waals surface area (Å²) in [5, 5.41) is 0. The highest BCUT2D eigenvalue weighted by Crippen LogP contribution is 2.38. The highest BCUT2D eigenvalue weighted by molar-refractivity contribution is 6.06. The Kier molecular flexibility index (Phi) is 4.94. The molecule has 1 unspecified atom stereocenters. The summed E-state index contributed by atoms with van der Waals surface area (Å²) in [6, 6.07) is 15.9. The fraction of sp³-hybridized carbons (Fsp3) is 0.391. The Morgan fingerprint density at radius 3 is 2.64 bits per heavy atom. The molecule has 0 saturated carbocycles. The van der Waals surface area contributed by atoms with Crippen molar-refractivity contribution in [2.24, 2.45) is 0 Å². The molecule has 2 aromatic rings. The summed E-state index contributed by atoms with van der Waals surface area (Å²) in [4.78, 5) is 30.0. The molecule has 5 heteroatoms. The molecule has 0 N–H and O–H groups in total. The second kappa shape index (κ2) is 7.40. The van der Waals surface area contributed by atoms with Crippen molar-refractivity contribution < 1.29 is 14.3 Å². The van der Waals surface area contributed by atoms with Gasteiger partial charge in [0.15, 0.2) is 5.78 Å². The van der Waals surface area contributed by atoms with Crippen molar-refractivity contribution in [1.29, 1.82) is 0 Å². The molecule has 1 heterocycles. The first kappa shape index (κ1) is 18.7. The number of amides is 1. The lowest BCUT2D eigenvalue weighted by Crippen LogP contribution is -2.67. The molecule has 0 radical (unpaired) electrons. The molecule has 1 aliphatic carbocycles. The van der Waals surface area contributed by atoms with Gasteiger partial charge in [-0.3, -0.25) is 14.5 Å². The molecule has 0 bridgehead atoms. The van der Waals surface area contributed by atoms with Crippen molar-refractivity contribution in [3.8, 4) is 5.75 Å². The van der Waals surface area contributed by atoms with Crippen LogP contribution in [0.25, 0.3) is 0 Å². The SMILES string of the molecule is COc1ccc2c(c1)CCC1(CN(C(C)=O)CCN1Cc1ccccc1)C2=O. The number of Topliss-reactive ketones (excluding diaryl/α,β-unsaturated/α-hetero) is 1. The summed E-state index contributed by atoms with van der Waals surface area (Å²) in [5.74, 6) is 0.933. The summed E-state index contributed by atoms with van der Waals surface area (Å²) in [5.41, 5.74) is 2.32. The first-order valence-corrected chi connectivity index (χ1v) is 9.80. The van der Waals surface area contributed by atoms with Crippen LogP contribution in [-0.2, 0) is 17.8 Å². The van der Waals surface area contributed by atoms with Crippen LogP contribution in [-0.4, -0.2) is 53.8 Å². The molecule has 2 aromatic carbocycles. The number of carbonyl (C=O) groups excluding carboxylic acids is 2. The number of fused-ring (bicyclic) bond motifs is 1. The van der Waals surface area contributed by atoms with Crippen LogP contribution in [0.2, 0.25) is 0 Å². The van der Waals surface area contributed by atoms with E-state index in [1.165, 1.54) is 5.56 Å². The molecule has 1 saturated heterocycles. The lowest BCUT2D eigenvalue weighted by atomic mass is 9.74. The maximum absolute atomic E-state index is 13.7. The van der Waals surface area contributed by atoms with E-state index in [0.29, 0.717) is 32.6 Å². The van der Waals surface area contributed by atoms with Gasteiger partial charge in [0.05, 0.1) is 7.11 Å². The Morgan fingerprint density at radius 2 is 1.93 bits per heavy atom. The first-order chi connectivity index (χ1) is 13.5. The second-order valence-electron chi connectivity index (χ2n) is 7.73. The van der Waals surface area contributed by atoms with Gasteiger partial charge in [-0.1, -0.05) is 30.3 Å². The molecule has 1 aliphatic heterocycles. The summed E-state index contributed by atoms with van der Waals surface area (Å²) >= 11 is 0. The third-order valence-electron chi connectivity index (χ3n) is 6.15. The van der Waals surface area contributed by atoms with Gasteiger partial charge in [-0.25, -0.2) is 0 Å². The minimum Gasteiger partial charge on any atom is -0.497 e. The first-order valence-electron chi connectivity index (χ1n) is 9.80. The van der Waals surface area contributed by atoms with E-state index in [0.717, 1.165) is 23.3 Å². The number of ketones is 1. The minimum atomic E-state index is -0.665. The van der Waals surface area contributed by atoms with Crippen LogP contribution in [0.5, 0.6) is 5.75 Å². The Balaban J connectivity index is 1.71. The van der Waals surface area contributed by atoms with E-state index in [4.69, 9.17) is 4.74 Å². The number of ether oxygens (including phenoxy) is 1. The Bertz CT molecular complexity index is 896. The van der Waals surface area contributed by atoms with E-state index in [2.05, 4.69) is 17.0 Å². The van der Waals surface area contributed by atoms with Gasteiger partial charge >= 0.3 is 0 Å². The third kappa shape index (κ3) is 3.20. The molecule has 1 amide bonds. The van der Waals surface area contributed by atoms with Gasteiger partial charge in [0.1, 0.15) is 11.3 Å². The predicted octanol–water partition coefficient (Wildman–Crippen LogP) is 2.93. The molecule has 28 heavy (non-hydrogen) atoms. The van der Waals surface area contributed by atoms with Gasteiger partial charge in [0, 0.05) is 38.7 Å². The molecule has 1 fully saturated rings. The zero-order chi connectivity index (χ0) is 19.7. The van der Waals surface area contributed by atoms with Gasteiger partial charge in [-0.2, -0.15) is 0 Å². The largest absolute Gasteiger partial charge is 0.497 e. The van der Waals surface area contributed by atoms with Crippen molar-refractivity contribution in [2.45, 2.75) is 31.8 Å². The topological polar surface area (TPSA) is 49.9 Å². The zero-order valence-electron chi connectivity index (χ0n) is 16.5. The molecule has 1 atom stereocenters. The number of hydrogen-bond donors (Lipinski definition) is 0. The van der Waals surface area contributed by atoms with Crippen LogP contribution in [0.15, 0.2) is 48.5 Å². The molecule has 2 aliphatic rings. The van der Waals surface area contributed by atoms with E-state index < -0.39 is 5.54 Å². The minimum absolute atomic E-state index is 0.0343. The number of carbonyl (C=O) groups is 2. The zero-order valence-corrected chi connectivity index (χ0v) is 16.5. The van der Waals surface area contributed by atoms with Crippen molar-refractivity contribution in [3.63, 3.8) is 0 Å². The fourth-order valence-electron chi connectivity index (χ4n) is 4.54. The van der Waals surface area contributed by atoms with Crippen LogP contribution in [0.4, 0.5) is 0 Å². The number of benzene rings is 2. The number of aryl methyl sites for hydroxylation is 1. The van der Waals surface area contributed by atoms with Crippen molar-refractivity contribution in [3.05, 3.63) is 65.2 Å². The molecule has 1 spiro atoms. The lowest BCUT2D eigenvalue weighted by Gasteiger charge is -2.51. The smallest absolute Gasteiger partial charge is 0.219 e. The van der Waals surface area contributed by atoms with Crippen LogP contribution < -0.4 is 4.74 Å². The monoisotopic (exact) mass is 378 g/mol.